The number of nitrogens with zero attached hydrogens (tertiary/aromatic N) is 1. The van der Waals surface area contributed by atoms with Crippen molar-refractivity contribution < 1.29 is 18.7 Å². The molecule has 2 aromatic rings. The molecule has 0 radical (unpaired) electrons. The standard InChI is InChI=1S/C16H16FNO3/c1-10(2)21-12-4-5-13(11(6-12)9-19)14-7-16(20-3)18-8-15(14)17/h4-10H,1-3H3. The highest BCUT2D eigenvalue weighted by Crippen LogP contribution is 2.30. The van der Waals surface area contributed by atoms with Gasteiger partial charge in [0.15, 0.2) is 6.29 Å². The minimum Gasteiger partial charge on any atom is -0.491 e. The SMILES string of the molecule is COc1cc(-c2ccc(OC(C)C)cc2C=O)c(F)cn1. The van der Waals surface area contributed by atoms with Crippen LogP contribution in [0.4, 0.5) is 4.39 Å². The summed E-state index contributed by atoms with van der Waals surface area (Å²) in [6, 6.07) is 6.41. The molecule has 0 N–H and O–H groups in total. The number of aldehydes is 1. The van der Waals surface area contributed by atoms with Crippen LogP contribution in [0, 0.1) is 5.82 Å². The zero-order valence-electron chi connectivity index (χ0n) is 12.1. The van der Waals surface area contributed by atoms with Crippen LogP contribution in [0.1, 0.15) is 24.2 Å². The van der Waals surface area contributed by atoms with Gasteiger partial charge in [0, 0.05) is 17.2 Å². The number of ether oxygens (including phenoxy) is 2. The third kappa shape index (κ3) is 3.37. The van der Waals surface area contributed by atoms with Gasteiger partial charge in [-0.2, -0.15) is 0 Å². The van der Waals surface area contributed by atoms with Crippen molar-refractivity contribution in [2.75, 3.05) is 7.11 Å². The van der Waals surface area contributed by atoms with Crippen molar-refractivity contribution in [3.63, 3.8) is 0 Å². The van der Waals surface area contributed by atoms with E-state index in [9.17, 15) is 9.18 Å². The van der Waals surface area contributed by atoms with E-state index in [2.05, 4.69) is 4.98 Å². The van der Waals surface area contributed by atoms with Crippen molar-refractivity contribution in [2.45, 2.75) is 20.0 Å². The van der Waals surface area contributed by atoms with Crippen LogP contribution in [0.2, 0.25) is 0 Å². The molecule has 0 atom stereocenters. The molecule has 0 spiro atoms. The van der Waals surface area contributed by atoms with Crippen molar-refractivity contribution in [3.05, 3.63) is 41.8 Å². The van der Waals surface area contributed by atoms with Gasteiger partial charge in [-0.25, -0.2) is 9.37 Å². The number of methoxy groups -OCH3 is 1. The average Bonchev–Trinajstić information content (AvgIpc) is 2.47. The minimum atomic E-state index is -0.517. The van der Waals surface area contributed by atoms with Crippen LogP contribution in [0.25, 0.3) is 11.1 Å². The lowest BCUT2D eigenvalue weighted by Crippen LogP contribution is -2.06. The summed E-state index contributed by atoms with van der Waals surface area (Å²) in [5, 5.41) is 0. The van der Waals surface area contributed by atoms with E-state index < -0.39 is 5.82 Å². The molecule has 4 nitrogen and oxygen atoms in total. The fraction of sp³-hybridized carbons (Fsp3) is 0.250. The number of halogens is 1. The van der Waals surface area contributed by atoms with Crippen LogP contribution >= 0.6 is 0 Å². The van der Waals surface area contributed by atoms with Crippen LogP contribution in [0.15, 0.2) is 30.5 Å². The van der Waals surface area contributed by atoms with Gasteiger partial charge in [0.1, 0.15) is 11.6 Å². The Morgan fingerprint density at radius 1 is 1.24 bits per heavy atom. The van der Waals surface area contributed by atoms with E-state index in [0.717, 1.165) is 6.20 Å². The Morgan fingerprint density at radius 2 is 2.00 bits per heavy atom. The van der Waals surface area contributed by atoms with Crippen molar-refractivity contribution in [1.29, 1.82) is 0 Å². The number of aromatic nitrogens is 1. The Balaban J connectivity index is 2.51. The molecule has 5 heteroatoms. The number of benzene rings is 1. The summed E-state index contributed by atoms with van der Waals surface area (Å²) < 4.78 is 24.5. The number of hydrogen-bond acceptors (Lipinski definition) is 4. The first-order chi connectivity index (χ1) is 10.0. The van der Waals surface area contributed by atoms with Gasteiger partial charge in [-0.15, -0.1) is 0 Å². The fourth-order valence-corrected chi connectivity index (χ4v) is 1.97. The maximum absolute atomic E-state index is 14.0. The normalized spacial score (nSPS) is 10.5. The largest absolute Gasteiger partial charge is 0.491 e. The molecule has 21 heavy (non-hydrogen) atoms. The minimum absolute atomic E-state index is 0.00638. The lowest BCUT2D eigenvalue weighted by Gasteiger charge is -2.13. The van der Waals surface area contributed by atoms with E-state index >= 15 is 0 Å². The fourth-order valence-electron chi connectivity index (χ4n) is 1.97. The van der Waals surface area contributed by atoms with Crippen LogP contribution in [-0.2, 0) is 0 Å². The monoisotopic (exact) mass is 289 g/mol. The summed E-state index contributed by atoms with van der Waals surface area (Å²) in [6.07, 6.45) is 1.74. The molecule has 0 amide bonds. The van der Waals surface area contributed by atoms with Gasteiger partial charge in [0.05, 0.1) is 19.4 Å². The third-order valence-corrected chi connectivity index (χ3v) is 2.85. The molecule has 0 saturated heterocycles. The highest BCUT2D eigenvalue weighted by molar-refractivity contribution is 5.88. The second kappa shape index (κ2) is 6.35. The number of carbonyl (C=O) groups is 1. The summed E-state index contributed by atoms with van der Waals surface area (Å²) >= 11 is 0. The van der Waals surface area contributed by atoms with E-state index in [0.29, 0.717) is 23.2 Å². The predicted molar refractivity (Wildman–Crippen MR) is 77.3 cm³/mol. The smallest absolute Gasteiger partial charge is 0.213 e. The zero-order chi connectivity index (χ0) is 15.4. The lowest BCUT2D eigenvalue weighted by molar-refractivity contribution is 0.112. The highest BCUT2D eigenvalue weighted by Gasteiger charge is 2.13. The molecule has 0 fully saturated rings. The molecule has 0 saturated carbocycles. The molecule has 0 aliphatic heterocycles. The second-order valence-electron chi connectivity index (χ2n) is 4.74. The number of pyridine rings is 1. The molecule has 1 aromatic carbocycles. The molecular formula is C16H16FNO3. The number of carbonyl (C=O) groups excluding carboxylic acids is 1. The van der Waals surface area contributed by atoms with Crippen molar-refractivity contribution in [1.82, 2.24) is 4.98 Å². The molecule has 2 rings (SSSR count). The first-order valence-corrected chi connectivity index (χ1v) is 6.51. The van der Waals surface area contributed by atoms with Gasteiger partial charge in [-0.1, -0.05) is 0 Å². The summed E-state index contributed by atoms with van der Waals surface area (Å²) in [7, 11) is 1.45. The predicted octanol–water partition coefficient (Wildman–Crippen LogP) is 3.50. The highest BCUT2D eigenvalue weighted by atomic mass is 19.1. The van der Waals surface area contributed by atoms with Gasteiger partial charge in [-0.05, 0) is 37.6 Å². The molecule has 110 valence electrons. The lowest BCUT2D eigenvalue weighted by atomic mass is 10.0. The summed E-state index contributed by atoms with van der Waals surface area (Å²) in [5.74, 6) is 0.333. The quantitative estimate of drug-likeness (QED) is 0.790. The van der Waals surface area contributed by atoms with E-state index in [1.54, 1.807) is 18.2 Å². The summed E-state index contributed by atoms with van der Waals surface area (Å²) in [5.41, 5.74) is 1.08. The zero-order valence-corrected chi connectivity index (χ0v) is 12.1. The number of hydrogen-bond donors (Lipinski definition) is 0. The van der Waals surface area contributed by atoms with Gasteiger partial charge < -0.3 is 9.47 Å². The third-order valence-electron chi connectivity index (χ3n) is 2.85. The Labute approximate surface area is 122 Å². The van der Waals surface area contributed by atoms with Crippen LogP contribution in [-0.4, -0.2) is 24.5 Å². The Bertz CT molecular complexity index is 656. The van der Waals surface area contributed by atoms with Gasteiger partial charge >= 0.3 is 0 Å². The summed E-state index contributed by atoms with van der Waals surface area (Å²) in [6.45, 7) is 3.78. The topological polar surface area (TPSA) is 48.4 Å². The van der Waals surface area contributed by atoms with Crippen molar-refractivity contribution >= 4 is 6.29 Å². The maximum Gasteiger partial charge on any atom is 0.213 e. The van der Waals surface area contributed by atoms with Crippen molar-refractivity contribution in [3.8, 4) is 22.8 Å². The first-order valence-electron chi connectivity index (χ1n) is 6.51. The molecule has 1 heterocycles. The van der Waals surface area contributed by atoms with Gasteiger partial charge in [-0.3, -0.25) is 4.79 Å². The Morgan fingerprint density at radius 3 is 2.62 bits per heavy atom. The van der Waals surface area contributed by atoms with Gasteiger partial charge in [0.2, 0.25) is 5.88 Å². The summed E-state index contributed by atoms with van der Waals surface area (Å²) in [4.78, 5) is 15.1. The molecular weight excluding hydrogens is 273 g/mol. The maximum atomic E-state index is 14.0. The van der Waals surface area contributed by atoms with E-state index in [1.165, 1.54) is 13.2 Å². The number of rotatable bonds is 5. The van der Waals surface area contributed by atoms with Gasteiger partial charge in [0.25, 0.3) is 0 Å². The van der Waals surface area contributed by atoms with Crippen LogP contribution in [0.5, 0.6) is 11.6 Å². The van der Waals surface area contributed by atoms with Crippen LogP contribution < -0.4 is 9.47 Å². The van der Waals surface area contributed by atoms with E-state index in [-0.39, 0.29) is 17.5 Å². The van der Waals surface area contributed by atoms with Crippen molar-refractivity contribution in [2.24, 2.45) is 0 Å². The van der Waals surface area contributed by atoms with E-state index in [4.69, 9.17) is 9.47 Å². The van der Waals surface area contributed by atoms with Crippen LogP contribution in [0.3, 0.4) is 0 Å². The molecule has 0 aliphatic rings. The first kappa shape index (κ1) is 15.0. The Kier molecular flexibility index (Phi) is 4.52. The molecule has 0 bridgehead atoms. The van der Waals surface area contributed by atoms with E-state index in [1.807, 2.05) is 13.8 Å². The Hall–Kier alpha value is -2.43. The molecule has 0 unspecified atom stereocenters. The average molecular weight is 289 g/mol. The molecule has 1 aromatic heterocycles. The second-order valence-corrected chi connectivity index (χ2v) is 4.74. The molecule has 0 aliphatic carbocycles.